The van der Waals surface area contributed by atoms with Crippen LogP contribution in [0.15, 0.2) is 42.5 Å². The molecule has 0 bridgehead atoms. The minimum atomic E-state index is -2.88. The molecule has 0 aliphatic rings. The van der Waals surface area contributed by atoms with Crippen LogP contribution in [-0.4, -0.2) is 30.7 Å². The molecule has 0 aliphatic heterocycles. The van der Waals surface area contributed by atoms with Crippen molar-refractivity contribution in [1.82, 2.24) is 9.88 Å². The first kappa shape index (κ1) is 18.5. The summed E-state index contributed by atoms with van der Waals surface area (Å²) in [5.41, 5.74) is 1.95. The van der Waals surface area contributed by atoms with E-state index in [-0.39, 0.29) is 11.8 Å². The summed E-state index contributed by atoms with van der Waals surface area (Å²) in [6.07, 6.45) is 0. The van der Waals surface area contributed by atoms with Crippen LogP contribution in [0.3, 0.4) is 0 Å². The predicted molar refractivity (Wildman–Crippen MR) is 99.1 cm³/mol. The number of fused-ring (bicyclic) bond motifs is 1. The van der Waals surface area contributed by atoms with Crippen molar-refractivity contribution in [3.8, 4) is 11.5 Å². The summed E-state index contributed by atoms with van der Waals surface area (Å²) in [5.74, 6) is 0.331. The minimum absolute atomic E-state index is 0.0353. The van der Waals surface area contributed by atoms with Crippen LogP contribution in [0, 0.1) is 0 Å². The van der Waals surface area contributed by atoms with Crippen molar-refractivity contribution in [2.24, 2.45) is 0 Å². The zero-order valence-electron chi connectivity index (χ0n) is 14.8. The third-order valence-corrected chi connectivity index (χ3v) is 5.41. The first-order valence-electron chi connectivity index (χ1n) is 8.15. The van der Waals surface area contributed by atoms with Crippen molar-refractivity contribution in [3.63, 3.8) is 0 Å². The molecule has 26 heavy (non-hydrogen) atoms. The van der Waals surface area contributed by atoms with Gasteiger partial charge in [0.25, 0.3) is 0 Å². The van der Waals surface area contributed by atoms with Gasteiger partial charge in [-0.25, -0.2) is 4.98 Å². The Morgan fingerprint density at radius 3 is 2.62 bits per heavy atom. The van der Waals surface area contributed by atoms with E-state index >= 15 is 0 Å². The lowest BCUT2D eigenvalue weighted by molar-refractivity contribution is -0.0512. The van der Waals surface area contributed by atoms with E-state index in [4.69, 9.17) is 9.72 Å². The normalized spacial score (nSPS) is 12.7. The second-order valence-corrected chi connectivity index (χ2v) is 7.04. The predicted octanol–water partition coefficient (Wildman–Crippen LogP) is 5.10. The number of thiazole rings is 1. The molecule has 0 amide bonds. The lowest BCUT2D eigenvalue weighted by Gasteiger charge is -2.23. The molecule has 0 fully saturated rings. The Balaban J connectivity index is 1.75. The van der Waals surface area contributed by atoms with Crippen LogP contribution >= 0.6 is 11.3 Å². The Bertz CT molecular complexity index is 852. The molecular formula is C19H20F2N2O2S. The topological polar surface area (TPSA) is 34.6 Å². The number of aromatic nitrogens is 1. The number of alkyl halides is 2. The SMILES string of the molecule is COc1cc(CN(C)[C@@H](C)c2nc3ccccc3s2)ccc1OC(F)F. The van der Waals surface area contributed by atoms with Crippen LogP contribution < -0.4 is 9.47 Å². The van der Waals surface area contributed by atoms with Gasteiger partial charge >= 0.3 is 6.61 Å². The van der Waals surface area contributed by atoms with Crippen LogP contribution in [0.25, 0.3) is 10.2 Å². The van der Waals surface area contributed by atoms with Gasteiger partial charge in [0, 0.05) is 6.54 Å². The molecule has 0 aliphatic carbocycles. The number of nitrogens with zero attached hydrogens (tertiary/aromatic N) is 2. The third kappa shape index (κ3) is 4.11. The van der Waals surface area contributed by atoms with Gasteiger partial charge in [-0.2, -0.15) is 8.78 Å². The zero-order valence-corrected chi connectivity index (χ0v) is 15.6. The lowest BCUT2D eigenvalue weighted by Crippen LogP contribution is -2.21. The minimum Gasteiger partial charge on any atom is -0.493 e. The quantitative estimate of drug-likeness (QED) is 0.573. The molecule has 0 saturated carbocycles. The number of hydrogen-bond acceptors (Lipinski definition) is 5. The van der Waals surface area contributed by atoms with Gasteiger partial charge in [-0.05, 0) is 43.8 Å². The van der Waals surface area contributed by atoms with E-state index < -0.39 is 6.61 Å². The van der Waals surface area contributed by atoms with Gasteiger partial charge in [0.15, 0.2) is 11.5 Å². The molecule has 1 heterocycles. The molecule has 1 atom stereocenters. The number of methoxy groups -OCH3 is 1. The van der Waals surface area contributed by atoms with Crippen LogP contribution in [-0.2, 0) is 6.54 Å². The maximum Gasteiger partial charge on any atom is 0.387 e. The van der Waals surface area contributed by atoms with Gasteiger partial charge in [-0.1, -0.05) is 18.2 Å². The van der Waals surface area contributed by atoms with E-state index in [2.05, 4.69) is 22.6 Å². The molecule has 2 aromatic carbocycles. The molecule has 3 rings (SSSR count). The van der Waals surface area contributed by atoms with Gasteiger partial charge in [0.1, 0.15) is 5.01 Å². The van der Waals surface area contributed by atoms with Gasteiger partial charge in [-0.15, -0.1) is 11.3 Å². The van der Waals surface area contributed by atoms with E-state index in [1.165, 1.54) is 13.2 Å². The number of hydrogen-bond donors (Lipinski definition) is 0. The summed E-state index contributed by atoms with van der Waals surface area (Å²) in [7, 11) is 3.44. The molecule has 138 valence electrons. The molecule has 0 spiro atoms. The number of halogens is 2. The smallest absolute Gasteiger partial charge is 0.387 e. The molecular weight excluding hydrogens is 358 g/mol. The zero-order chi connectivity index (χ0) is 18.7. The fraction of sp³-hybridized carbons (Fsp3) is 0.316. The molecule has 4 nitrogen and oxygen atoms in total. The van der Waals surface area contributed by atoms with E-state index in [0.717, 1.165) is 20.8 Å². The number of benzene rings is 2. The number of ether oxygens (including phenoxy) is 2. The summed E-state index contributed by atoms with van der Waals surface area (Å²) >= 11 is 1.68. The summed E-state index contributed by atoms with van der Waals surface area (Å²) in [6, 6.07) is 13.2. The Labute approximate surface area is 155 Å². The van der Waals surface area contributed by atoms with E-state index in [1.54, 1.807) is 23.5 Å². The monoisotopic (exact) mass is 378 g/mol. The third-order valence-electron chi connectivity index (χ3n) is 4.21. The average Bonchev–Trinajstić information content (AvgIpc) is 3.05. The Hall–Kier alpha value is -2.25. The first-order chi connectivity index (χ1) is 12.5. The van der Waals surface area contributed by atoms with Crippen LogP contribution in [0.4, 0.5) is 8.78 Å². The maximum atomic E-state index is 12.4. The molecule has 0 N–H and O–H groups in total. The number of para-hydroxylation sites is 1. The summed E-state index contributed by atoms with van der Waals surface area (Å²) in [4.78, 5) is 6.86. The van der Waals surface area contributed by atoms with Crippen molar-refractivity contribution in [2.75, 3.05) is 14.2 Å². The average molecular weight is 378 g/mol. The van der Waals surface area contributed by atoms with Crippen LogP contribution in [0.1, 0.15) is 23.5 Å². The molecule has 1 aromatic heterocycles. The van der Waals surface area contributed by atoms with Crippen molar-refractivity contribution in [2.45, 2.75) is 26.1 Å². The summed E-state index contributed by atoms with van der Waals surface area (Å²) < 4.78 is 35.7. The molecule has 3 aromatic rings. The lowest BCUT2D eigenvalue weighted by atomic mass is 10.1. The van der Waals surface area contributed by atoms with Crippen molar-refractivity contribution in [3.05, 3.63) is 53.0 Å². The summed E-state index contributed by atoms with van der Waals surface area (Å²) in [5, 5.41) is 1.04. The standard InChI is InChI=1S/C19H20F2N2O2S/c1-12(18-22-14-6-4-5-7-17(14)26-18)23(2)11-13-8-9-15(25-19(20)21)16(10-13)24-3/h4-10,12,19H,11H2,1-3H3/t12-/m0/s1. The van der Waals surface area contributed by atoms with Crippen LogP contribution in [0.2, 0.25) is 0 Å². The van der Waals surface area contributed by atoms with Crippen molar-refractivity contribution in [1.29, 1.82) is 0 Å². The van der Waals surface area contributed by atoms with E-state index in [0.29, 0.717) is 12.3 Å². The second kappa shape index (κ2) is 7.97. The Kier molecular flexibility index (Phi) is 5.68. The van der Waals surface area contributed by atoms with Gasteiger partial charge in [0.05, 0.1) is 23.4 Å². The highest BCUT2D eigenvalue weighted by Gasteiger charge is 2.18. The molecule has 0 unspecified atom stereocenters. The first-order valence-corrected chi connectivity index (χ1v) is 8.97. The van der Waals surface area contributed by atoms with Gasteiger partial charge < -0.3 is 9.47 Å². The fourth-order valence-corrected chi connectivity index (χ4v) is 3.77. The second-order valence-electron chi connectivity index (χ2n) is 5.97. The highest BCUT2D eigenvalue weighted by Crippen LogP contribution is 2.32. The molecule has 7 heteroatoms. The van der Waals surface area contributed by atoms with Gasteiger partial charge in [0.2, 0.25) is 0 Å². The Morgan fingerprint density at radius 2 is 1.92 bits per heavy atom. The molecule has 0 saturated heterocycles. The largest absolute Gasteiger partial charge is 0.493 e. The maximum absolute atomic E-state index is 12.4. The number of rotatable bonds is 7. The van der Waals surface area contributed by atoms with Crippen molar-refractivity contribution < 1.29 is 18.3 Å². The molecule has 0 radical (unpaired) electrons. The summed E-state index contributed by atoms with van der Waals surface area (Å²) in [6.45, 7) is -0.150. The van der Waals surface area contributed by atoms with E-state index in [9.17, 15) is 8.78 Å². The van der Waals surface area contributed by atoms with Gasteiger partial charge in [-0.3, -0.25) is 4.90 Å². The fourth-order valence-electron chi connectivity index (χ4n) is 2.69. The Morgan fingerprint density at radius 1 is 1.15 bits per heavy atom. The van der Waals surface area contributed by atoms with Crippen molar-refractivity contribution >= 4 is 21.6 Å². The van der Waals surface area contributed by atoms with Crippen LogP contribution in [0.5, 0.6) is 11.5 Å². The highest BCUT2D eigenvalue weighted by molar-refractivity contribution is 7.18. The van der Waals surface area contributed by atoms with E-state index in [1.807, 2.05) is 25.2 Å². The highest BCUT2D eigenvalue weighted by atomic mass is 32.1.